The number of anilines is 1. The van der Waals surface area contributed by atoms with Crippen molar-refractivity contribution in [1.29, 1.82) is 5.26 Å². The molecule has 1 aliphatic rings. The zero-order valence-corrected chi connectivity index (χ0v) is 21.9. The van der Waals surface area contributed by atoms with Gasteiger partial charge in [-0.2, -0.15) is 5.26 Å². The van der Waals surface area contributed by atoms with Crippen LogP contribution in [0, 0.1) is 11.3 Å². The number of nitriles is 1. The first-order valence-electron chi connectivity index (χ1n) is 13.4. The summed E-state index contributed by atoms with van der Waals surface area (Å²) in [5.41, 5.74) is 4.18. The van der Waals surface area contributed by atoms with E-state index in [1.54, 1.807) is 0 Å². The van der Waals surface area contributed by atoms with E-state index in [-0.39, 0.29) is 5.91 Å². The van der Waals surface area contributed by atoms with Gasteiger partial charge in [-0.15, -0.1) is 0 Å². The predicted molar refractivity (Wildman–Crippen MR) is 155 cm³/mol. The number of hydrogen-bond donors (Lipinski definition) is 1. The highest BCUT2D eigenvalue weighted by Crippen LogP contribution is 2.28. The maximum Gasteiger partial charge on any atom is 0.243 e. The summed E-state index contributed by atoms with van der Waals surface area (Å²) < 4.78 is 0. The number of benzene rings is 3. The number of amides is 1. The van der Waals surface area contributed by atoms with Crippen LogP contribution in [0.4, 0.5) is 5.82 Å². The average molecular weight is 517 g/mol. The van der Waals surface area contributed by atoms with Crippen molar-refractivity contribution >= 4 is 28.8 Å². The van der Waals surface area contributed by atoms with Crippen LogP contribution >= 0.6 is 0 Å². The topological polar surface area (TPSA) is 85.1 Å². The van der Waals surface area contributed by atoms with Crippen LogP contribution in [0.15, 0.2) is 91.0 Å². The molecule has 0 bridgehead atoms. The van der Waals surface area contributed by atoms with E-state index in [2.05, 4.69) is 45.5 Å². The number of nitrogens with zero attached hydrogens (tertiary/aromatic N) is 5. The summed E-state index contributed by atoms with van der Waals surface area (Å²) in [6, 6.07) is 30.1. The molecule has 3 aromatic carbocycles. The Morgan fingerprint density at radius 2 is 1.54 bits per heavy atom. The Bertz CT molecular complexity index is 1460. The first-order valence-corrected chi connectivity index (χ1v) is 13.4. The van der Waals surface area contributed by atoms with Crippen LogP contribution in [-0.2, 0) is 11.2 Å². The van der Waals surface area contributed by atoms with E-state index in [4.69, 9.17) is 9.97 Å². The smallest absolute Gasteiger partial charge is 0.243 e. The number of nitrogens with one attached hydrogen (secondary N) is 1. The second-order valence-electron chi connectivity index (χ2n) is 9.61. The Kier molecular flexibility index (Phi) is 8.57. The van der Waals surface area contributed by atoms with Gasteiger partial charge in [0.15, 0.2) is 11.7 Å². The van der Waals surface area contributed by atoms with Gasteiger partial charge in [0.1, 0.15) is 5.69 Å². The number of aromatic nitrogens is 2. The third-order valence-electron chi connectivity index (χ3n) is 6.94. The second kappa shape index (κ2) is 12.8. The lowest BCUT2D eigenvalue weighted by Gasteiger charge is -2.35. The Balaban J connectivity index is 1.29. The average Bonchev–Trinajstić information content (AvgIpc) is 2.99. The minimum atomic E-state index is -1.04. The first-order chi connectivity index (χ1) is 19.2. The van der Waals surface area contributed by atoms with E-state index in [9.17, 15) is 10.1 Å². The third kappa shape index (κ3) is 6.67. The zero-order valence-electron chi connectivity index (χ0n) is 21.9. The fraction of sp³-hybridized carbons (Fsp3) is 0.250. The first kappa shape index (κ1) is 26.1. The van der Waals surface area contributed by atoms with Crippen molar-refractivity contribution in [2.24, 2.45) is 0 Å². The standard InChI is InChI=1S/C32H32N6O/c33-24-27(32(39)34-18-17-26-12-5-2-6-13-26)30-31(36-29-16-8-7-15-28(29)35-30)38-22-20-37(21-23-38)19-9-14-25-10-3-1-4-11-25/h1-16,27H,17-23H2,(H,34,39)/b14-9+. The Labute approximate surface area is 229 Å². The monoisotopic (exact) mass is 516 g/mol. The van der Waals surface area contributed by atoms with Gasteiger partial charge in [-0.25, -0.2) is 9.97 Å². The molecular weight excluding hydrogens is 484 g/mol. The minimum absolute atomic E-state index is 0.344. The summed E-state index contributed by atoms with van der Waals surface area (Å²) in [6.45, 7) is 4.51. The van der Waals surface area contributed by atoms with Crippen molar-refractivity contribution in [3.05, 3.63) is 108 Å². The summed E-state index contributed by atoms with van der Waals surface area (Å²) >= 11 is 0. The fourth-order valence-corrected chi connectivity index (χ4v) is 4.80. The van der Waals surface area contributed by atoms with Crippen molar-refractivity contribution in [2.45, 2.75) is 12.3 Å². The van der Waals surface area contributed by atoms with Crippen molar-refractivity contribution < 1.29 is 4.79 Å². The molecule has 5 rings (SSSR count). The predicted octanol–water partition coefficient (Wildman–Crippen LogP) is 4.43. The molecule has 1 aliphatic heterocycles. The summed E-state index contributed by atoms with van der Waals surface area (Å²) in [5.74, 6) is -0.762. The molecule has 4 aromatic rings. The molecule has 1 unspecified atom stereocenters. The summed E-state index contributed by atoms with van der Waals surface area (Å²) in [5, 5.41) is 13.0. The Morgan fingerprint density at radius 3 is 2.23 bits per heavy atom. The third-order valence-corrected chi connectivity index (χ3v) is 6.94. The molecule has 0 radical (unpaired) electrons. The summed E-state index contributed by atoms with van der Waals surface area (Å²) in [7, 11) is 0. The van der Waals surface area contributed by atoms with Gasteiger partial charge in [0.25, 0.3) is 0 Å². The highest BCUT2D eigenvalue weighted by Gasteiger charge is 2.30. The number of rotatable bonds is 9. The van der Waals surface area contributed by atoms with Crippen LogP contribution in [-0.4, -0.2) is 60.0 Å². The maximum absolute atomic E-state index is 13.2. The van der Waals surface area contributed by atoms with E-state index < -0.39 is 5.92 Å². The number of carbonyl (C=O) groups excluding carboxylic acids is 1. The molecule has 1 amide bonds. The molecule has 1 fully saturated rings. The van der Waals surface area contributed by atoms with Crippen molar-refractivity contribution in [1.82, 2.24) is 20.2 Å². The Hall–Kier alpha value is -4.54. The quantitative estimate of drug-likeness (QED) is 0.354. The molecule has 7 nitrogen and oxygen atoms in total. The number of para-hydroxylation sites is 2. The van der Waals surface area contributed by atoms with E-state index in [0.29, 0.717) is 30.0 Å². The molecule has 39 heavy (non-hydrogen) atoms. The molecule has 2 heterocycles. The van der Waals surface area contributed by atoms with Crippen LogP contribution in [0.5, 0.6) is 0 Å². The van der Waals surface area contributed by atoms with Gasteiger partial charge >= 0.3 is 0 Å². The molecule has 0 saturated carbocycles. The number of fused-ring (bicyclic) bond motifs is 1. The molecule has 1 N–H and O–H groups in total. The molecule has 196 valence electrons. The molecule has 1 atom stereocenters. The van der Waals surface area contributed by atoms with Crippen molar-refractivity contribution in [2.75, 3.05) is 44.2 Å². The van der Waals surface area contributed by atoms with E-state index in [0.717, 1.165) is 43.8 Å². The second-order valence-corrected chi connectivity index (χ2v) is 9.61. The highest BCUT2D eigenvalue weighted by molar-refractivity contribution is 5.88. The minimum Gasteiger partial charge on any atom is -0.354 e. The van der Waals surface area contributed by atoms with Gasteiger partial charge in [-0.05, 0) is 29.7 Å². The summed E-state index contributed by atoms with van der Waals surface area (Å²) in [4.78, 5) is 27.4. The number of hydrogen-bond acceptors (Lipinski definition) is 6. The maximum atomic E-state index is 13.2. The lowest BCUT2D eigenvalue weighted by Crippen LogP contribution is -2.47. The van der Waals surface area contributed by atoms with Crippen LogP contribution in [0.25, 0.3) is 17.1 Å². The molecule has 1 aromatic heterocycles. The van der Waals surface area contributed by atoms with E-state index in [1.807, 2.05) is 72.8 Å². The lowest BCUT2D eigenvalue weighted by molar-refractivity contribution is -0.121. The molecule has 0 aliphatic carbocycles. The number of piperazine rings is 1. The largest absolute Gasteiger partial charge is 0.354 e. The SMILES string of the molecule is N#CC(C(=O)NCCc1ccccc1)c1nc2ccccc2nc1N1CCN(C/C=C/c2ccccc2)CC1. The molecule has 0 spiro atoms. The van der Waals surface area contributed by atoms with Crippen molar-refractivity contribution in [3.8, 4) is 6.07 Å². The summed E-state index contributed by atoms with van der Waals surface area (Å²) in [6.07, 6.45) is 5.03. The van der Waals surface area contributed by atoms with Gasteiger partial charge in [-0.3, -0.25) is 9.69 Å². The van der Waals surface area contributed by atoms with Gasteiger partial charge in [0.2, 0.25) is 5.91 Å². The van der Waals surface area contributed by atoms with Gasteiger partial charge in [0.05, 0.1) is 17.1 Å². The van der Waals surface area contributed by atoms with Gasteiger partial charge < -0.3 is 10.2 Å². The van der Waals surface area contributed by atoms with E-state index >= 15 is 0 Å². The fourth-order valence-electron chi connectivity index (χ4n) is 4.80. The van der Waals surface area contributed by atoms with Crippen LogP contribution in [0.2, 0.25) is 0 Å². The van der Waals surface area contributed by atoms with Gasteiger partial charge in [0, 0.05) is 39.3 Å². The van der Waals surface area contributed by atoms with Gasteiger partial charge in [-0.1, -0.05) is 84.9 Å². The lowest BCUT2D eigenvalue weighted by atomic mass is 10.0. The van der Waals surface area contributed by atoms with Crippen LogP contribution in [0.3, 0.4) is 0 Å². The molecule has 7 heteroatoms. The highest BCUT2D eigenvalue weighted by atomic mass is 16.1. The number of carbonyl (C=O) groups is 1. The Morgan fingerprint density at radius 1 is 0.897 bits per heavy atom. The normalized spacial score (nSPS) is 14.8. The van der Waals surface area contributed by atoms with E-state index in [1.165, 1.54) is 5.56 Å². The molecular formula is C32H32N6O. The molecule has 1 saturated heterocycles. The van der Waals surface area contributed by atoms with Crippen LogP contribution in [0.1, 0.15) is 22.7 Å². The zero-order chi connectivity index (χ0) is 26.9. The van der Waals surface area contributed by atoms with Crippen molar-refractivity contribution in [3.63, 3.8) is 0 Å². The van der Waals surface area contributed by atoms with Crippen LogP contribution < -0.4 is 10.2 Å².